The van der Waals surface area contributed by atoms with Crippen LogP contribution in [0.1, 0.15) is 6.42 Å². The van der Waals surface area contributed by atoms with Crippen molar-refractivity contribution in [3.8, 4) is 17.2 Å². The second-order valence-corrected chi connectivity index (χ2v) is 7.57. The summed E-state index contributed by atoms with van der Waals surface area (Å²) >= 11 is 0. The van der Waals surface area contributed by atoms with Crippen molar-refractivity contribution in [3.05, 3.63) is 18.2 Å². The Hall–Kier alpha value is -1.96. The Balaban J connectivity index is 1.99. The third-order valence-electron chi connectivity index (χ3n) is 3.87. The molecule has 1 heterocycles. The Labute approximate surface area is 136 Å². The minimum absolute atomic E-state index is 0.0116. The van der Waals surface area contributed by atoms with Crippen molar-refractivity contribution in [1.29, 1.82) is 0 Å². The summed E-state index contributed by atoms with van der Waals surface area (Å²) in [5, 5.41) is 0. The Morgan fingerprint density at radius 2 is 1.96 bits per heavy atom. The van der Waals surface area contributed by atoms with Gasteiger partial charge < -0.3 is 19.1 Å². The van der Waals surface area contributed by atoms with Gasteiger partial charge in [-0.25, -0.2) is 8.42 Å². The van der Waals surface area contributed by atoms with E-state index in [-0.39, 0.29) is 30.1 Å². The van der Waals surface area contributed by atoms with Crippen LogP contribution in [0, 0.1) is 0 Å². The van der Waals surface area contributed by atoms with Crippen molar-refractivity contribution in [2.45, 2.75) is 12.5 Å². The second-order valence-electron chi connectivity index (χ2n) is 5.34. The second kappa shape index (κ2) is 7.08. The Kier molecular flexibility index (Phi) is 5.35. The Morgan fingerprint density at radius 3 is 2.52 bits per heavy atom. The quantitative estimate of drug-likeness (QED) is 0.757. The molecule has 0 spiro atoms. The zero-order valence-corrected chi connectivity index (χ0v) is 14.3. The number of likely N-dealkylation sites (N-methyl/N-ethyl adjacent to an activating group) is 1. The lowest BCUT2D eigenvalue weighted by Crippen LogP contribution is -2.40. The number of ether oxygens (including phenoxy) is 3. The third kappa shape index (κ3) is 4.07. The lowest BCUT2D eigenvalue weighted by molar-refractivity contribution is -0.133. The fraction of sp³-hybridized carbons (Fsp3) is 0.533. The normalized spacial score (nSPS) is 19.2. The summed E-state index contributed by atoms with van der Waals surface area (Å²) in [4.78, 5) is 13.6. The van der Waals surface area contributed by atoms with Crippen LogP contribution >= 0.6 is 0 Å². The summed E-state index contributed by atoms with van der Waals surface area (Å²) in [5.41, 5.74) is 0. The first kappa shape index (κ1) is 17.4. The van der Waals surface area contributed by atoms with Crippen LogP contribution in [0.2, 0.25) is 0 Å². The number of benzene rings is 1. The third-order valence-corrected chi connectivity index (χ3v) is 5.62. The van der Waals surface area contributed by atoms with Gasteiger partial charge >= 0.3 is 0 Å². The number of hydrogen-bond acceptors (Lipinski definition) is 6. The first-order valence-electron chi connectivity index (χ1n) is 7.18. The first-order valence-corrected chi connectivity index (χ1v) is 9.00. The lowest BCUT2D eigenvalue weighted by atomic mass is 10.2. The molecule has 0 saturated carbocycles. The number of para-hydroxylation sites is 1. The van der Waals surface area contributed by atoms with Crippen LogP contribution in [0.5, 0.6) is 17.2 Å². The number of carbonyl (C=O) groups excluding carboxylic acids is 1. The standard InChI is InChI=1S/C15H21NO6S/c1-16(11-7-8-23(18,19)10-11)14(17)9-22-13-6-4-5-12(20-2)15(13)21-3/h4-6,11H,7-10H2,1-3H3. The molecule has 1 atom stereocenters. The summed E-state index contributed by atoms with van der Waals surface area (Å²) < 4.78 is 38.9. The molecule has 0 bridgehead atoms. The molecule has 128 valence electrons. The van der Waals surface area contributed by atoms with E-state index in [1.807, 2.05) is 0 Å². The van der Waals surface area contributed by atoms with Gasteiger partial charge in [-0.15, -0.1) is 0 Å². The fourth-order valence-corrected chi connectivity index (χ4v) is 4.27. The molecule has 0 N–H and O–H groups in total. The molecule has 0 aliphatic carbocycles. The summed E-state index contributed by atoms with van der Waals surface area (Å²) in [6, 6.07) is 4.84. The summed E-state index contributed by atoms with van der Waals surface area (Å²) in [7, 11) is 1.57. The van der Waals surface area contributed by atoms with E-state index in [0.29, 0.717) is 23.7 Å². The van der Waals surface area contributed by atoms with Gasteiger partial charge in [0.2, 0.25) is 5.75 Å². The largest absolute Gasteiger partial charge is 0.493 e. The zero-order valence-electron chi connectivity index (χ0n) is 13.4. The van der Waals surface area contributed by atoms with E-state index in [4.69, 9.17) is 14.2 Å². The topological polar surface area (TPSA) is 82.1 Å². The predicted octanol–water partition coefficient (Wildman–Crippen LogP) is 0.728. The minimum atomic E-state index is -3.03. The van der Waals surface area contributed by atoms with Crippen molar-refractivity contribution >= 4 is 15.7 Å². The van der Waals surface area contributed by atoms with Crippen molar-refractivity contribution in [1.82, 2.24) is 4.90 Å². The average Bonchev–Trinajstić information content (AvgIpc) is 2.91. The maximum atomic E-state index is 12.2. The SMILES string of the molecule is COc1cccc(OCC(=O)N(C)C2CCS(=O)(=O)C2)c1OC. The molecule has 0 aromatic heterocycles. The van der Waals surface area contributed by atoms with Crippen molar-refractivity contribution in [2.75, 3.05) is 39.4 Å². The summed E-state index contributed by atoms with van der Waals surface area (Å²) in [6.45, 7) is -0.198. The maximum Gasteiger partial charge on any atom is 0.260 e. The van der Waals surface area contributed by atoms with Crippen LogP contribution in [0.15, 0.2) is 18.2 Å². The molecule has 1 unspecified atom stereocenters. The van der Waals surface area contributed by atoms with E-state index in [9.17, 15) is 13.2 Å². The molecule has 23 heavy (non-hydrogen) atoms. The molecule has 1 aromatic rings. The lowest BCUT2D eigenvalue weighted by Gasteiger charge is -2.23. The van der Waals surface area contributed by atoms with Crippen LogP contribution in [0.25, 0.3) is 0 Å². The van der Waals surface area contributed by atoms with E-state index in [1.54, 1.807) is 25.2 Å². The van der Waals surface area contributed by atoms with Gasteiger partial charge in [0.1, 0.15) is 0 Å². The maximum absolute atomic E-state index is 12.2. The van der Waals surface area contributed by atoms with E-state index >= 15 is 0 Å². The molecule has 2 rings (SSSR count). The Bertz CT molecular complexity index is 673. The van der Waals surface area contributed by atoms with Crippen LogP contribution in [-0.2, 0) is 14.6 Å². The highest BCUT2D eigenvalue weighted by Crippen LogP contribution is 2.36. The molecular weight excluding hydrogens is 322 g/mol. The number of rotatable bonds is 6. The summed E-state index contributed by atoms with van der Waals surface area (Å²) in [6.07, 6.45) is 0.465. The van der Waals surface area contributed by atoms with Gasteiger partial charge in [0.15, 0.2) is 27.9 Å². The Morgan fingerprint density at radius 1 is 1.26 bits per heavy atom. The molecule has 1 fully saturated rings. The first-order chi connectivity index (χ1) is 10.9. The molecule has 1 aliphatic rings. The van der Waals surface area contributed by atoms with Gasteiger partial charge in [-0.1, -0.05) is 6.07 Å². The van der Waals surface area contributed by atoms with Crippen LogP contribution in [0.3, 0.4) is 0 Å². The van der Waals surface area contributed by atoms with E-state index in [0.717, 1.165) is 0 Å². The molecular formula is C15H21NO6S. The molecule has 1 aromatic carbocycles. The molecule has 1 amide bonds. The van der Waals surface area contributed by atoms with Gasteiger partial charge in [-0.2, -0.15) is 0 Å². The van der Waals surface area contributed by atoms with Crippen LogP contribution in [0.4, 0.5) is 0 Å². The average molecular weight is 343 g/mol. The highest BCUT2D eigenvalue weighted by Gasteiger charge is 2.32. The van der Waals surface area contributed by atoms with E-state index in [1.165, 1.54) is 19.1 Å². The molecule has 1 aliphatic heterocycles. The number of hydrogen-bond donors (Lipinski definition) is 0. The predicted molar refractivity (Wildman–Crippen MR) is 84.9 cm³/mol. The van der Waals surface area contributed by atoms with Gasteiger partial charge in [0.25, 0.3) is 5.91 Å². The van der Waals surface area contributed by atoms with Gasteiger partial charge in [-0.05, 0) is 18.6 Å². The van der Waals surface area contributed by atoms with Crippen molar-refractivity contribution in [3.63, 3.8) is 0 Å². The highest BCUT2D eigenvalue weighted by molar-refractivity contribution is 7.91. The van der Waals surface area contributed by atoms with Crippen molar-refractivity contribution < 1.29 is 27.4 Å². The minimum Gasteiger partial charge on any atom is -0.493 e. The summed E-state index contributed by atoms with van der Waals surface area (Å²) in [5.74, 6) is 1.17. The van der Waals surface area contributed by atoms with Gasteiger partial charge in [-0.3, -0.25) is 4.79 Å². The van der Waals surface area contributed by atoms with Crippen molar-refractivity contribution in [2.24, 2.45) is 0 Å². The number of methoxy groups -OCH3 is 2. The zero-order chi connectivity index (χ0) is 17.0. The molecule has 8 heteroatoms. The number of sulfone groups is 1. The van der Waals surface area contributed by atoms with E-state index in [2.05, 4.69) is 0 Å². The van der Waals surface area contributed by atoms with E-state index < -0.39 is 9.84 Å². The van der Waals surface area contributed by atoms with Gasteiger partial charge in [0.05, 0.1) is 25.7 Å². The van der Waals surface area contributed by atoms with Gasteiger partial charge in [0, 0.05) is 13.1 Å². The molecule has 1 saturated heterocycles. The smallest absolute Gasteiger partial charge is 0.260 e. The fourth-order valence-electron chi connectivity index (χ4n) is 2.50. The molecule has 7 nitrogen and oxygen atoms in total. The highest BCUT2D eigenvalue weighted by atomic mass is 32.2. The van der Waals surface area contributed by atoms with Crippen LogP contribution < -0.4 is 14.2 Å². The number of carbonyl (C=O) groups is 1. The monoisotopic (exact) mass is 343 g/mol. The molecule has 0 radical (unpaired) electrons. The number of amides is 1. The number of nitrogens with zero attached hydrogens (tertiary/aromatic N) is 1. The van der Waals surface area contributed by atoms with Crippen LogP contribution in [-0.4, -0.2) is 64.6 Å².